The van der Waals surface area contributed by atoms with Crippen LogP contribution in [0.5, 0.6) is 0 Å². The molecule has 4 heteroatoms. The van der Waals surface area contributed by atoms with Gasteiger partial charge < -0.3 is 0 Å². The van der Waals surface area contributed by atoms with Gasteiger partial charge >= 0.3 is 0 Å². The fourth-order valence-corrected chi connectivity index (χ4v) is 3.40. The third kappa shape index (κ3) is 4.35. The molecule has 122 valence electrons. The van der Waals surface area contributed by atoms with Crippen molar-refractivity contribution in [2.24, 2.45) is 5.92 Å². The van der Waals surface area contributed by atoms with E-state index in [1.54, 1.807) is 0 Å². The number of rotatable bonds is 5. The van der Waals surface area contributed by atoms with Crippen molar-refractivity contribution in [1.82, 2.24) is 9.88 Å². The monoisotopic (exact) mass is 316 g/mol. The van der Waals surface area contributed by atoms with E-state index in [0.29, 0.717) is 12.3 Å². The largest absolute Gasteiger partial charge is 0.299 e. The van der Waals surface area contributed by atoms with Gasteiger partial charge in [0, 0.05) is 31.0 Å². The second-order valence-corrected chi connectivity index (χ2v) is 6.34. The Morgan fingerprint density at radius 3 is 2.57 bits per heavy atom. The van der Waals surface area contributed by atoms with Crippen LogP contribution in [0.15, 0.2) is 42.7 Å². The van der Waals surface area contributed by atoms with Gasteiger partial charge in [-0.1, -0.05) is 6.07 Å². The Bertz CT molecular complexity index is 610. The number of aromatic nitrogens is 1. The highest BCUT2D eigenvalue weighted by Gasteiger charge is 2.21. The maximum absolute atomic E-state index is 13.7. The second-order valence-electron chi connectivity index (χ2n) is 6.34. The minimum atomic E-state index is -0.422. The third-order valence-corrected chi connectivity index (χ3v) is 4.62. The van der Waals surface area contributed by atoms with Crippen LogP contribution in [0, 0.1) is 17.6 Å². The molecule has 1 atom stereocenters. The van der Waals surface area contributed by atoms with Crippen LogP contribution >= 0.6 is 0 Å². The molecule has 0 spiro atoms. The zero-order valence-electron chi connectivity index (χ0n) is 13.2. The van der Waals surface area contributed by atoms with Gasteiger partial charge in [0.1, 0.15) is 11.6 Å². The van der Waals surface area contributed by atoms with Crippen molar-refractivity contribution in [3.05, 3.63) is 65.5 Å². The van der Waals surface area contributed by atoms with E-state index >= 15 is 0 Å². The smallest absolute Gasteiger partial charge is 0.129 e. The van der Waals surface area contributed by atoms with E-state index < -0.39 is 11.6 Å². The molecule has 0 amide bonds. The first kappa shape index (κ1) is 16.1. The van der Waals surface area contributed by atoms with Crippen LogP contribution in [-0.4, -0.2) is 23.0 Å². The summed E-state index contributed by atoms with van der Waals surface area (Å²) in [6, 6.07) is 8.19. The molecule has 2 nitrogen and oxygen atoms in total. The van der Waals surface area contributed by atoms with Crippen LogP contribution in [-0.2, 0) is 13.0 Å². The first-order chi connectivity index (χ1) is 11.2. The van der Waals surface area contributed by atoms with Gasteiger partial charge in [0.05, 0.1) is 0 Å². The van der Waals surface area contributed by atoms with Crippen molar-refractivity contribution < 1.29 is 8.78 Å². The highest BCUT2D eigenvalue weighted by Crippen LogP contribution is 2.24. The van der Waals surface area contributed by atoms with Gasteiger partial charge in [-0.2, -0.15) is 0 Å². The molecule has 0 saturated carbocycles. The summed E-state index contributed by atoms with van der Waals surface area (Å²) in [5, 5.41) is 0. The predicted octanol–water partition coefficient (Wildman–Crippen LogP) is 4.20. The molecule has 0 N–H and O–H groups in total. The summed E-state index contributed by atoms with van der Waals surface area (Å²) in [5.41, 5.74) is 1.50. The fraction of sp³-hybridized carbons (Fsp3) is 0.421. The van der Waals surface area contributed by atoms with Gasteiger partial charge in [-0.15, -0.1) is 0 Å². The van der Waals surface area contributed by atoms with E-state index in [4.69, 9.17) is 0 Å². The van der Waals surface area contributed by atoms with Crippen LogP contribution in [0.2, 0.25) is 0 Å². The molecule has 1 fully saturated rings. The lowest BCUT2D eigenvalue weighted by molar-refractivity contribution is 0.161. The molecule has 2 aromatic rings. The quantitative estimate of drug-likeness (QED) is 0.821. The number of pyridine rings is 1. The minimum Gasteiger partial charge on any atom is -0.299 e. The van der Waals surface area contributed by atoms with E-state index in [9.17, 15) is 8.78 Å². The Labute approximate surface area is 136 Å². The summed E-state index contributed by atoms with van der Waals surface area (Å²) in [5.74, 6) is -0.339. The van der Waals surface area contributed by atoms with Crippen LogP contribution in [0.25, 0.3) is 0 Å². The molecule has 3 rings (SSSR count). The molecule has 1 aromatic heterocycles. The van der Waals surface area contributed by atoms with Gasteiger partial charge in [-0.3, -0.25) is 9.88 Å². The maximum atomic E-state index is 13.7. The Kier molecular flexibility index (Phi) is 5.34. The number of piperidine rings is 1. The summed E-state index contributed by atoms with van der Waals surface area (Å²) in [6.45, 7) is 3.01. The van der Waals surface area contributed by atoms with E-state index in [2.05, 4.69) is 9.88 Å². The summed E-state index contributed by atoms with van der Waals surface area (Å²) in [6.07, 6.45) is 7.24. The molecule has 2 heterocycles. The average molecular weight is 316 g/mol. The van der Waals surface area contributed by atoms with Crippen LogP contribution < -0.4 is 0 Å². The molecule has 1 saturated heterocycles. The van der Waals surface area contributed by atoms with Crippen LogP contribution in [0.4, 0.5) is 8.78 Å². The Morgan fingerprint density at radius 2 is 1.83 bits per heavy atom. The third-order valence-electron chi connectivity index (χ3n) is 4.62. The van der Waals surface area contributed by atoms with Gasteiger partial charge in [0.15, 0.2) is 0 Å². The molecule has 23 heavy (non-hydrogen) atoms. The number of benzene rings is 1. The molecule has 0 unspecified atom stereocenters. The SMILES string of the molecule is Fc1cccc(F)c1CC[C@H]1CCCN(Cc2ccncc2)C1. The predicted molar refractivity (Wildman–Crippen MR) is 86.9 cm³/mol. The summed E-state index contributed by atoms with van der Waals surface area (Å²) < 4.78 is 27.4. The Hall–Kier alpha value is -1.81. The van der Waals surface area contributed by atoms with E-state index in [1.807, 2.05) is 24.5 Å². The van der Waals surface area contributed by atoms with E-state index in [1.165, 1.54) is 23.8 Å². The van der Waals surface area contributed by atoms with Gasteiger partial charge in [-0.05, 0) is 68.0 Å². The van der Waals surface area contributed by atoms with Crippen molar-refractivity contribution in [2.75, 3.05) is 13.1 Å². The lowest BCUT2D eigenvalue weighted by atomic mass is 9.91. The molecule has 0 aliphatic carbocycles. The number of hydrogen-bond donors (Lipinski definition) is 0. The first-order valence-electron chi connectivity index (χ1n) is 8.26. The second kappa shape index (κ2) is 7.64. The Morgan fingerprint density at radius 1 is 1.09 bits per heavy atom. The topological polar surface area (TPSA) is 16.1 Å². The highest BCUT2D eigenvalue weighted by atomic mass is 19.1. The Balaban J connectivity index is 1.55. The standard InChI is InChI=1S/C19H22F2N2/c20-18-4-1-5-19(21)17(18)7-6-15-3-2-12-23(13-15)14-16-8-10-22-11-9-16/h1,4-5,8-11,15H,2-3,6-7,12-14H2/t15-/m1/s1. The highest BCUT2D eigenvalue weighted by molar-refractivity contribution is 5.19. The number of hydrogen-bond acceptors (Lipinski definition) is 2. The van der Waals surface area contributed by atoms with Crippen LogP contribution in [0.1, 0.15) is 30.4 Å². The minimum absolute atomic E-state index is 0.235. The zero-order valence-corrected chi connectivity index (χ0v) is 13.2. The summed E-state index contributed by atoms with van der Waals surface area (Å²) >= 11 is 0. The zero-order chi connectivity index (χ0) is 16.1. The molecule has 1 aliphatic rings. The van der Waals surface area contributed by atoms with Crippen molar-refractivity contribution in [1.29, 1.82) is 0 Å². The van der Waals surface area contributed by atoms with Crippen molar-refractivity contribution in [3.8, 4) is 0 Å². The molecule has 1 aliphatic heterocycles. The van der Waals surface area contributed by atoms with Crippen molar-refractivity contribution in [3.63, 3.8) is 0 Å². The average Bonchev–Trinajstić information content (AvgIpc) is 2.56. The normalized spacial score (nSPS) is 19.0. The number of nitrogens with zero attached hydrogens (tertiary/aromatic N) is 2. The number of likely N-dealkylation sites (tertiary alicyclic amines) is 1. The summed E-state index contributed by atoms with van der Waals surface area (Å²) in [4.78, 5) is 6.48. The molecule has 1 aromatic carbocycles. The molecule has 0 radical (unpaired) electrons. The van der Waals surface area contributed by atoms with E-state index in [-0.39, 0.29) is 5.56 Å². The van der Waals surface area contributed by atoms with Crippen molar-refractivity contribution in [2.45, 2.75) is 32.2 Å². The van der Waals surface area contributed by atoms with Gasteiger partial charge in [0.2, 0.25) is 0 Å². The van der Waals surface area contributed by atoms with Crippen molar-refractivity contribution >= 4 is 0 Å². The van der Waals surface area contributed by atoms with E-state index in [0.717, 1.165) is 38.9 Å². The summed E-state index contributed by atoms with van der Waals surface area (Å²) in [7, 11) is 0. The van der Waals surface area contributed by atoms with Gasteiger partial charge in [0.25, 0.3) is 0 Å². The lowest BCUT2D eigenvalue weighted by Gasteiger charge is -2.32. The lowest BCUT2D eigenvalue weighted by Crippen LogP contribution is -2.35. The number of halogens is 2. The fourth-order valence-electron chi connectivity index (χ4n) is 3.40. The first-order valence-corrected chi connectivity index (χ1v) is 8.26. The molecular formula is C19H22F2N2. The van der Waals surface area contributed by atoms with Gasteiger partial charge in [-0.25, -0.2) is 8.78 Å². The molecular weight excluding hydrogens is 294 g/mol. The maximum Gasteiger partial charge on any atom is 0.129 e. The molecule has 0 bridgehead atoms. The van der Waals surface area contributed by atoms with Crippen LogP contribution in [0.3, 0.4) is 0 Å².